The first-order valence-corrected chi connectivity index (χ1v) is 8.17. The van der Waals surface area contributed by atoms with Crippen LogP contribution in [0.25, 0.3) is 0 Å². The number of hydrogen-bond acceptors (Lipinski definition) is 3. The number of carbonyl (C=O) groups excluding carboxylic acids is 1. The Kier molecular flexibility index (Phi) is 5.83. The second kappa shape index (κ2) is 7.63. The number of anilines is 1. The number of hydrogen-bond donors (Lipinski definition) is 2. The summed E-state index contributed by atoms with van der Waals surface area (Å²) in [6, 6.07) is 3.94. The third-order valence-corrected chi connectivity index (χ3v) is 4.73. The summed E-state index contributed by atoms with van der Waals surface area (Å²) < 4.78 is 5.41. The van der Waals surface area contributed by atoms with Crippen LogP contribution in [0, 0.1) is 25.7 Å². The zero-order chi connectivity index (χ0) is 16.1. The summed E-state index contributed by atoms with van der Waals surface area (Å²) in [5.74, 6) is 1.95. The number of piperidine rings is 1. The molecule has 1 aromatic carbocycles. The number of benzene rings is 1. The molecule has 4 nitrogen and oxygen atoms in total. The highest BCUT2D eigenvalue weighted by Gasteiger charge is 2.22. The first-order valence-electron chi connectivity index (χ1n) is 8.17. The minimum absolute atomic E-state index is 0.0899. The molecule has 2 unspecified atom stereocenters. The first kappa shape index (κ1) is 16.8. The fourth-order valence-corrected chi connectivity index (χ4v) is 3.30. The molecule has 0 saturated carbocycles. The summed E-state index contributed by atoms with van der Waals surface area (Å²) in [5, 5.41) is 6.46. The lowest BCUT2D eigenvalue weighted by Gasteiger charge is -2.28. The van der Waals surface area contributed by atoms with Crippen LogP contribution < -0.4 is 15.4 Å². The van der Waals surface area contributed by atoms with Crippen LogP contribution in [0.5, 0.6) is 5.75 Å². The predicted octanol–water partition coefficient (Wildman–Crippen LogP) is 3.28. The lowest BCUT2D eigenvalue weighted by atomic mass is 9.85. The molecule has 0 radical (unpaired) electrons. The number of rotatable bonds is 5. The standard InChI is InChI=1S/C18H28N2O2/c1-12-7-8-16(14(3)18(12)22-4)20-17(21)10-13(2)15-6-5-9-19-11-15/h7-8,13,15,19H,5-6,9-11H2,1-4H3,(H,20,21). The Morgan fingerprint density at radius 3 is 2.86 bits per heavy atom. The zero-order valence-corrected chi connectivity index (χ0v) is 14.2. The maximum absolute atomic E-state index is 12.3. The van der Waals surface area contributed by atoms with Gasteiger partial charge in [-0.3, -0.25) is 4.79 Å². The van der Waals surface area contributed by atoms with E-state index in [0.29, 0.717) is 18.3 Å². The van der Waals surface area contributed by atoms with Crippen molar-refractivity contribution in [3.8, 4) is 5.75 Å². The molecule has 2 atom stereocenters. The van der Waals surface area contributed by atoms with Crippen molar-refractivity contribution in [3.05, 3.63) is 23.3 Å². The van der Waals surface area contributed by atoms with Gasteiger partial charge in [0.2, 0.25) is 5.91 Å². The van der Waals surface area contributed by atoms with Crippen LogP contribution in [0.1, 0.15) is 37.3 Å². The molecule has 122 valence electrons. The van der Waals surface area contributed by atoms with Gasteiger partial charge in [0.15, 0.2) is 0 Å². The molecule has 1 fully saturated rings. The van der Waals surface area contributed by atoms with E-state index in [0.717, 1.165) is 35.7 Å². The minimum Gasteiger partial charge on any atom is -0.496 e. The summed E-state index contributed by atoms with van der Waals surface area (Å²) in [4.78, 5) is 12.3. The molecule has 1 saturated heterocycles. The summed E-state index contributed by atoms with van der Waals surface area (Å²) in [7, 11) is 1.67. The van der Waals surface area contributed by atoms with Gasteiger partial charge in [0.05, 0.1) is 7.11 Å². The normalized spacial score (nSPS) is 19.5. The van der Waals surface area contributed by atoms with Crippen molar-refractivity contribution in [3.63, 3.8) is 0 Å². The van der Waals surface area contributed by atoms with Gasteiger partial charge in [0.1, 0.15) is 5.75 Å². The third-order valence-electron chi connectivity index (χ3n) is 4.73. The van der Waals surface area contributed by atoms with Crippen LogP contribution in [0.2, 0.25) is 0 Å². The van der Waals surface area contributed by atoms with Gasteiger partial charge in [-0.15, -0.1) is 0 Å². The highest BCUT2D eigenvalue weighted by Crippen LogP contribution is 2.30. The second-order valence-electron chi connectivity index (χ2n) is 6.42. The molecular weight excluding hydrogens is 276 g/mol. The zero-order valence-electron chi connectivity index (χ0n) is 14.2. The molecule has 0 spiro atoms. The van der Waals surface area contributed by atoms with E-state index in [4.69, 9.17) is 4.74 Å². The van der Waals surface area contributed by atoms with Crippen LogP contribution in [0.15, 0.2) is 12.1 Å². The van der Waals surface area contributed by atoms with Gasteiger partial charge < -0.3 is 15.4 Å². The molecule has 1 amide bonds. The third kappa shape index (κ3) is 4.01. The number of carbonyl (C=O) groups is 1. The van der Waals surface area contributed by atoms with Gasteiger partial charge in [-0.2, -0.15) is 0 Å². The van der Waals surface area contributed by atoms with E-state index in [1.54, 1.807) is 7.11 Å². The van der Waals surface area contributed by atoms with Crippen LogP contribution >= 0.6 is 0 Å². The van der Waals surface area contributed by atoms with Crippen molar-refractivity contribution in [2.75, 3.05) is 25.5 Å². The number of aryl methyl sites for hydroxylation is 1. The molecule has 1 heterocycles. The Labute approximate surface area is 133 Å². The SMILES string of the molecule is COc1c(C)ccc(NC(=O)CC(C)C2CCCNC2)c1C. The molecule has 4 heteroatoms. The van der Waals surface area contributed by atoms with E-state index >= 15 is 0 Å². The van der Waals surface area contributed by atoms with Crippen molar-refractivity contribution >= 4 is 11.6 Å². The van der Waals surface area contributed by atoms with Gasteiger partial charge in [-0.1, -0.05) is 13.0 Å². The lowest BCUT2D eigenvalue weighted by Crippen LogP contribution is -2.34. The Hall–Kier alpha value is -1.55. The fourth-order valence-electron chi connectivity index (χ4n) is 3.30. The largest absolute Gasteiger partial charge is 0.496 e. The topological polar surface area (TPSA) is 50.4 Å². The molecule has 1 aliphatic heterocycles. The van der Waals surface area contributed by atoms with Crippen LogP contribution in [-0.4, -0.2) is 26.1 Å². The van der Waals surface area contributed by atoms with Crippen molar-refractivity contribution < 1.29 is 9.53 Å². The molecule has 2 N–H and O–H groups in total. The van der Waals surface area contributed by atoms with E-state index in [9.17, 15) is 4.79 Å². The van der Waals surface area contributed by atoms with Gasteiger partial charge in [0, 0.05) is 17.7 Å². The Morgan fingerprint density at radius 1 is 1.45 bits per heavy atom. The van der Waals surface area contributed by atoms with E-state index < -0.39 is 0 Å². The fraction of sp³-hybridized carbons (Fsp3) is 0.611. The van der Waals surface area contributed by atoms with Crippen LogP contribution in [0.4, 0.5) is 5.69 Å². The number of nitrogens with one attached hydrogen (secondary N) is 2. The highest BCUT2D eigenvalue weighted by atomic mass is 16.5. The molecule has 2 rings (SSSR count). The van der Waals surface area contributed by atoms with Crippen molar-refractivity contribution in [1.29, 1.82) is 0 Å². The number of ether oxygens (including phenoxy) is 1. The van der Waals surface area contributed by atoms with Gasteiger partial charge in [-0.05, 0) is 63.2 Å². The van der Waals surface area contributed by atoms with Crippen molar-refractivity contribution in [1.82, 2.24) is 5.32 Å². The number of methoxy groups -OCH3 is 1. The summed E-state index contributed by atoms with van der Waals surface area (Å²) in [5.41, 5.74) is 2.92. The van der Waals surface area contributed by atoms with E-state index in [1.807, 2.05) is 26.0 Å². The van der Waals surface area contributed by atoms with Crippen LogP contribution in [0.3, 0.4) is 0 Å². The lowest BCUT2D eigenvalue weighted by molar-refractivity contribution is -0.117. The molecule has 22 heavy (non-hydrogen) atoms. The Bertz CT molecular complexity index is 522. The van der Waals surface area contributed by atoms with Crippen LogP contribution in [-0.2, 0) is 4.79 Å². The maximum Gasteiger partial charge on any atom is 0.224 e. The monoisotopic (exact) mass is 304 g/mol. The van der Waals surface area contributed by atoms with Gasteiger partial charge >= 0.3 is 0 Å². The molecule has 0 bridgehead atoms. The van der Waals surface area contributed by atoms with Gasteiger partial charge in [0.25, 0.3) is 0 Å². The average molecular weight is 304 g/mol. The second-order valence-corrected chi connectivity index (χ2v) is 6.42. The summed E-state index contributed by atoms with van der Waals surface area (Å²) >= 11 is 0. The Morgan fingerprint density at radius 2 is 2.23 bits per heavy atom. The predicted molar refractivity (Wildman–Crippen MR) is 90.5 cm³/mol. The van der Waals surface area contributed by atoms with E-state index in [2.05, 4.69) is 17.6 Å². The maximum atomic E-state index is 12.3. The molecule has 0 aromatic heterocycles. The quantitative estimate of drug-likeness (QED) is 0.878. The summed E-state index contributed by atoms with van der Waals surface area (Å²) in [6.45, 7) is 8.31. The van der Waals surface area contributed by atoms with E-state index in [1.165, 1.54) is 12.8 Å². The summed E-state index contributed by atoms with van der Waals surface area (Å²) in [6.07, 6.45) is 3.01. The minimum atomic E-state index is 0.0899. The number of amides is 1. The first-order chi connectivity index (χ1) is 10.5. The van der Waals surface area contributed by atoms with Gasteiger partial charge in [-0.25, -0.2) is 0 Å². The van der Waals surface area contributed by atoms with Crippen molar-refractivity contribution in [2.24, 2.45) is 11.8 Å². The smallest absolute Gasteiger partial charge is 0.224 e. The molecule has 1 aromatic rings. The molecular formula is C18H28N2O2. The molecule has 1 aliphatic rings. The van der Waals surface area contributed by atoms with Crippen molar-refractivity contribution in [2.45, 2.75) is 40.0 Å². The average Bonchev–Trinajstić information content (AvgIpc) is 2.51. The Balaban J connectivity index is 1.97. The molecule has 0 aliphatic carbocycles. The highest BCUT2D eigenvalue weighted by molar-refractivity contribution is 5.92. The van der Waals surface area contributed by atoms with E-state index in [-0.39, 0.29) is 5.91 Å².